The maximum atomic E-state index is 11.4. The second-order valence-corrected chi connectivity index (χ2v) is 11.8. The Labute approximate surface area is 276 Å². The van der Waals surface area contributed by atoms with Crippen LogP contribution in [0.1, 0.15) is 0 Å². The van der Waals surface area contributed by atoms with E-state index >= 15 is 0 Å². The third kappa shape index (κ3) is 4.77. The van der Waals surface area contributed by atoms with Crippen molar-refractivity contribution in [2.75, 3.05) is 0 Å². The standard InChI is InChI=1S/C43H27N3O2/c47-37-21-10-20-36(39(37)31-16-8-15-30(26-31)33-18-9-19-35-34-17-6-7-22-38(34)48-40(33)35)43-45-41(28-12-2-1-3-13-28)44-42(46-43)32-24-23-27-11-4-5-14-29(27)25-32/h1-26,47H. The van der Waals surface area contributed by atoms with Crippen molar-refractivity contribution >= 4 is 32.7 Å². The average Bonchev–Trinajstić information content (AvgIpc) is 3.54. The van der Waals surface area contributed by atoms with Gasteiger partial charge in [0.1, 0.15) is 16.9 Å². The minimum Gasteiger partial charge on any atom is -0.507 e. The fourth-order valence-corrected chi connectivity index (χ4v) is 6.52. The van der Waals surface area contributed by atoms with Crippen LogP contribution in [-0.4, -0.2) is 20.1 Å². The molecule has 0 spiro atoms. The van der Waals surface area contributed by atoms with Crippen LogP contribution < -0.4 is 0 Å². The van der Waals surface area contributed by atoms with Crippen LogP contribution in [0.3, 0.4) is 0 Å². The Kier molecular flexibility index (Phi) is 6.54. The number of furan rings is 1. The molecule has 5 heteroatoms. The van der Waals surface area contributed by atoms with E-state index in [0.717, 1.165) is 60.5 Å². The van der Waals surface area contributed by atoms with Crippen LogP contribution in [0.5, 0.6) is 5.75 Å². The lowest BCUT2D eigenvalue weighted by atomic mass is 9.94. The Hall–Kier alpha value is -6.59. The minimum absolute atomic E-state index is 0.139. The van der Waals surface area contributed by atoms with Crippen molar-refractivity contribution in [2.24, 2.45) is 0 Å². The highest BCUT2D eigenvalue weighted by molar-refractivity contribution is 6.09. The first-order valence-corrected chi connectivity index (χ1v) is 15.8. The predicted molar refractivity (Wildman–Crippen MR) is 193 cm³/mol. The molecular formula is C43H27N3O2. The number of hydrogen-bond acceptors (Lipinski definition) is 5. The summed E-state index contributed by atoms with van der Waals surface area (Å²) in [4.78, 5) is 15.0. The number of rotatable bonds is 5. The van der Waals surface area contributed by atoms with Gasteiger partial charge < -0.3 is 9.52 Å². The number of nitrogens with zero attached hydrogens (tertiary/aromatic N) is 3. The number of phenolic OH excluding ortho intramolecular Hbond substituents is 1. The molecule has 1 N–H and O–H groups in total. The molecule has 0 fully saturated rings. The zero-order valence-corrected chi connectivity index (χ0v) is 25.7. The van der Waals surface area contributed by atoms with Crippen LogP contribution in [0.25, 0.3) is 89.1 Å². The van der Waals surface area contributed by atoms with Crippen molar-refractivity contribution in [3.05, 3.63) is 158 Å². The van der Waals surface area contributed by atoms with E-state index in [-0.39, 0.29) is 5.75 Å². The Morgan fingerprint density at radius 1 is 0.417 bits per heavy atom. The molecule has 0 saturated carbocycles. The van der Waals surface area contributed by atoms with E-state index in [0.29, 0.717) is 28.6 Å². The summed E-state index contributed by atoms with van der Waals surface area (Å²) in [5.74, 6) is 1.73. The van der Waals surface area contributed by atoms with Gasteiger partial charge in [0.25, 0.3) is 0 Å². The summed E-state index contributed by atoms with van der Waals surface area (Å²) in [6, 6.07) is 52.4. The highest BCUT2D eigenvalue weighted by atomic mass is 16.3. The third-order valence-electron chi connectivity index (χ3n) is 8.82. The van der Waals surface area contributed by atoms with E-state index in [1.165, 1.54) is 0 Å². The van der Waals surface area contributed by atoms with Crippen molar-refractivity contribution < 1.29 is 9.52 Å². The van der Waals surface area contributed by atoms with Crippen LogP contribution >= 0.6 is 0 Å². The highest BCUT2D eigenvalue weighted by Crippen LogP contribution is 2.41. The molecule has 48 heavy (non-hydrogen) atoms. The molecule has 9 rings (SSSR count). The molecule has 0 aliphatic heterocycles. The van der Waals surface area contributed by atoms with Gasteiger partial charge in [0.2, 0.25) is 0 Å². The molecular weight excluding hydrogens is 590 g/mol. The predicted octanol–water partition coefficient (Wildman–Crippen LogP) is 11.0. The maximum absolute atomic E-state index is 11.4. The molecule has 5 nitrogen and oxygen atoms in total. The SMILES string of the molecule is Oc1cccc(-c2nc(-c3ccccc3)nc(-c3ccc4ccccc4c3)n2)c1-c1cccc(-c2cccc3c2oc2ccccc23)c1. The lowest BCUT2D eigenvalue weighted by Crippen LogP contribution is -2.01. The number of aromatic hydroxyl groups is 1. The van der Waals surface area contributed by atoms with Crippen molar-refractivity contribution in [2.45, 2.75) is 0 Å². The number of aromatic nitrogens is 3. The van der Waals surface area contributed by atoms with Gasteiger partial charge in [0.05, 0.1) is 0 Å². The van der Waals surface area contributed by atoms with Crippen LogP contribution in [0, 0.1) is 0 Å². The smallest absolute Gasteiger partial charge is 0.164 e. The Morgan fingerprint density at radius 3 is 1.96 bits per heavy atom. The number of hydrogen-bond donors (Lipinski definition) is 1. The first-order chi connectivity index (χ1) is 23.7. The summed E-state index contributed by atoms with van der Waals surface area (Å²) in [6.45, 7) is 0. The first kappa shape index (κ1) is 27.7. The molecule has 0 aliphatic rings. The number of fused-ring (bicyclic) bond motifs is 4. The lowest BCUT2D eigenvalue weighted by molar-refractivity contribution is 0.477. The fourth-order valence-electron chi connectivity index (χ4n) is 6.52. The van der Waals surface area contributed by atoms with Crippen LogP contribution in [0.15, 0.2) is 162 Å². The third-order valence-corrected chi connectivity index (χ3v) is 8.82. The number of phenols is 1. The van der Waals surface area contributed by atoms with E-state index in [1.807, 2.05) is 91.0 Å². The van der Waals surface area contributed by atoms with E-state index in [2.05, 4.69) is 60.7 Å². The summed E-state index contributed by atoms with van der Waals surface area (Å²) in [7, 11) is 0. The molecule has 2 heterocycles. The van der Waals surface area contributed by atoms with Gasteiger partial charge in [-0.2, -0.15) is 0 Å². The van der Waals surface area contributed by atoms with E-state index in [4.69, 9.17) is 19.4 Å². The minimum atomic E-state index is 0.139. The van der Waals surface area contributed by atoms with E-state index in [9.17, 15) is 5.11 Å². The second kappa shape index (κ2) is 11.3. The van der Waals surface area contributed by atoms with E-state index in [1.54, 1.807) is 6.07 Å². The van der Waals surface area contributed by atoms with Crippen LogP contribution in [0.2, 0.25) is 0 Å². The van der Waals surface area contributed by atoms with Gasteiger partial charge >= 0.3 is 0 Å². The molecule has 2 aromatic heterocycles. The first-order valence-electron chi connectivity index (χ1n) is 15.8. The quantitative estimate of drug-likeness (QED) is 0.208. The maximum Gasteiger partial charge on any atom is 0.164 e. The number of benzene rings is 7. The molecule has 0 radical (unpaired) electrons. The number of para-hydroxylation sites is 2. The Balaban J connectivity index is 1.22. The summed E-state index contributed by atoms with van der Waals surface area (Å²) in [5.41, 5.74) is 7.59. The molecule has 0 unspecified atom stereocenters. The fraction of sp³-hybridized carbons (Fsp3) is 0. The van der Waals surface area contributed by atoms with Crippen LogP contribution in [0.4, 0.5) is 0 Å². The molecule has 0 aliphatic carbocycles. The van der Waals surface area contributed by atoms with Gasteiger partial charge in [-0.3, -0.25) is 0 Å². The molecule has 7 aromatic carbocycles. The summed E-state index contributed by atoms with van der Waals surface area (Å²) < 4.78 is 6.36. The normalized spacial score (nSPS) is 11.4. The van der Waals surface area contributed by atoms with Gasteiger partial charge in [-0.05, 0) is 46.2 Å². The van der Waals surface area contributed by atoms with Gasteiger partial charge in [-0.1, -0.05) is 133 Å². The topological polar surface area (TPSA) is 72.0 Å². The summed E-state index contributed by atoms with van der Waals surface area (Å²) in [5, 5.41) is 15.8. The van der Waals surface area contributed by atoms with Gasteiger partial charge in [-0.15, -0.1) is 0 Å². The lowest BCUT2D eigenvalue weighted by Gasteiger charge is -2.14. The largest absolute Gasteiger partial charge is 0.507 e. The second-order valence-electron chi connectivity index (χ2n) is 11.8. The monoisotopic (exact) mass is 617 g/mol. The summed E-state index contributed by atoms with van der Waals surface area (Å²) >= 11 is 0. The molecule has 226 valence electrons. The van der Waals surface area contributed by atoms with Crippen molar-refractivity contribution in [3.63, 3.8) is 0 Å². The van der Waals surface area contributed by atoms with Crippen LogP contribution in [-0.2, 0) is 0 Å². The van der Waals surface area contributed by atoms with Crippen molar-refractivity contribution in [1.82, 2.24) is 15.0 Å². The zero-order chi connectivity index (χ0) is 32.0. The van der Waals surface area contributed by atoms with Gasteiger partial charge in [-0.25, -0.2) is 15.0 Å². The Morgan fingerprint density at radius 2 is 1.06 bits per heavy atom. The van der Waals surface area contributed by atoms with Crippen molar-refractivity contribution in [1.29, 1.82) is 0 Å². The molecule has 0 saturated heterocycles. The average molecular weight is 618 g/mol. The Bertz CT molecular complexity index is 2640. The zero-order valence-electron chi connectivity index (χ0n) is 25.7. The van der Waals surface area contributed by atoms with Gasteiger partial charge in [0, 0.05) is 38.6 Å². The highest BCUT2D eigenvalue weighted by Gasteiger charge is 2.19. The van der Waals surface area contributed by atoms with Gasteiger partial charge in [0.15, 0.2) is 17.5 Å². The molecule has 0 amide bonds. The molecule has 0 atom stereocenters. The van der Waals surface area contributed by atoms with E-state index < -0.39 is 0 Å². The molecule has 9 aromatic rings. The molecule has 0 bridgehead atoms. The summed E-state index contributed by atoms with van der Waals surface area (Å²) in [6.07, 6.45) is 0. The van der Waals surface area contributed by atoms with Crippen molar-refractivity contribution in [3.8, 4) is 62.2 Å².